The van der Waals surface area contributed by atoms with Gasteiger partial charge in [-0.3, -0.25) is 57.9 Å². The van der Waals surface area contributed by atoms with E-state index in [1.165, 1.54) is 74.4 Å². The van der Waals surface area contributed by atoms with E-state index in [9.17, 15) is 47.9 Å². The summed E-state index contributed by atoms with van der Waals surface area (Å²) in [7, 11) is 0. The molecule has 30 nitrogen and oxygen atoms in total. The first kappa shape index (κ1) is 59.6. The molecule has 10 heterocycles. The van der Waals surface area contributed by atoms with Gasteiger partial charge in [0.1, 0.15) is 114 Å². The van der Waals surface area contributed by atoms with Crippen molar-refractivity contribution in [2.45, 2.75) is 0 Å². The van der Waals surface area contributed by atoms with Crippen LogP contribution in [-0.4, -0.2) is 158 Å². The molecule has 19 rings (SSSR count). The molecule has 0 fully saturated rings. The van der Waals surface area contributed by atoms with Crippen molar-refractivity contribution in [1.29, 1.82) is 0 Å². The molecule has 5 aliphatic rings. The standard InChI is InChI=1S/C74H28N20O10/c95-65-55-45(75-17-19-77-55)47-57(67(65)97)87-37(21-79-47)29-1-5-31(6-2-29)39-23-81-49-51-61(71(101)69(99)59(49)89-39)91-41(25-83-51)33-9-13-35(14-10-33)43-27-85-53-54-64(74(104)73(103)63(53)93-43)94-44(28-86-54)36-15-11-34(12-16-36)42-26-84-52-50-60(70(100)72(102)62(52)92-42)90-40(24-82-50)32-7-3-30(4-8-32)38-22-80-48-46-56(78-20-18-76-46)66(96)68(98)58(48)88-38/h1-28H. The first-order valence-corrected chi connectivity index (χ1v) is 31.2. The topological polar surface area (TPSA) is 428 Å². The molecular formula is C74H28N20O10. The molecule has 0 bridgehead atoms. The van der Waals surface area contributed by atoms with E-state index < -0.39 is 57.8 Å². The molecule has 484 valence electrons. The van der Waals surface area contributed by atoms with E-state index in [2.05, 4.69) is 99.7 Å². The van der Waals surface area contributed by atoms with Crippen LogP contribution in [0.2, 0.25) is 0 Å². The van der Waals surface area contributed by atoms with Crippen molar-refractivity contribution in [3.8, 4) is 147 Å². The molecular weight excluding hydrogens is 1330 g/mol. The molecule has 14 aromatic rings. The maximum Gasteiger partial charge on any atom is 0.255 e. The normalized spacial score (nSPS) is 13.6. The fourth-order valence-electron chi connectivity index (χ4n) is 12.6. The molecule has 0 N–H and O–H groups in total. The van der Waals surface area contributed by atoms with Crippen molar-refractivity contribution in [3.05, 3.63) is 228 Å². The molecule has 0 unspecified atom stereocenters. The minimum absolute atomic E-state index is 0.0465. The van der Waals surface area contributed by atoms with E-state index in [0.29, 0.717) is 55.9 Å². The van der Waals surface area contributed by atoms with Crippen LogP contribution in [0.5, 0.6) is 0 Å². The summed E-state index contributed by atoms with van der Waals surface area (Å²) in [5.41, 5.74) is 5.54. The largest absolute Gasteiger partial charge is 0.283 e. The van der Waals surface area contributed by atoms with Crippen LogP contribution < -0.4 is 0 Å². The number of aromatic nitrogens is 20. The molecule has 0 amide bonds. The van der Waals surface area contributed by atoms with Crippen LogP contribution in [0.25, 0.3) is 147 Å². The van der Waals surface area contributed by atoms with Gasteiger partial charge in [0, 0.05) is 69.3 Å². The summed E-state index contributed by atoms with van der Waals surface area (Å²) in [6.07, 6.45) is 16.9. The Morgan fingerprint density at radius 1 is 0.135 bits per heavy atom. The second-order valence-electron chi connectivity index (χ2n) is 23.7. The highest BCUT2D eigenvalue weighted by atomic mass is 16.2. The summed E-state index contributed by atoms with van der Waals surface area (Å²) in [5, 5.41) is 0. The van der Waals surface area contributed by atoms with Gasteiger partial charge in [0.05, 0.1) is 95.1 Å². The van der Waals surface area contributed by atoms with Crippen LogP contribution >= 0.6 is 0 Å². The molecule has 0 radical (unpaired) electrons. The van der Waals surface area contributed by atoms with Gasteiger partial charge in [0.2, 0.25) is 0 Å². The Kier molecular flexibility index (Phi) is 12.9. The predicted octanol–water partition coefficient (Wildman–Crippen LogP) is 8.15. The Bertz CT molecular complexity index is 6060. The first-order chi connectivity index (χ1) is 50.7. The molecule has 0 aliphatic heterocycles. The first-order valence-electron chi connectivity index (χ1n) is 31.2. The van der Waals surface area contributed by atoms with E-state index >= 15 is 0 Å². The van der Waals surface area contributed by atoms with Gasteiger partial charge in [-0.2, -0.15) is 0 Å². The maximum atomic E-state index is 13.8. The third kappa shape index (κ3) is 9.15. The highest BCUT2D eigenvalue weighted by Gasteiger charge is 2.41. The van der Waals surface area contributed by atoms with Crippen molar-refractivity contribution in [3.63, 3.8) is 0 Å². The van der Waals surface area contributed by atoms with Gasteiger partial charge < -0.3 is 0 Å². The van der Waals surface area contributed by atoms with Crippen molar-refractivity contribution in [1.82, 2.24) is 99.7 Å². The second kappa shape index (κ2) is 22.5. The Labute approximate surface area is 578 Å². The van der Waals surface area contributed by atoms with E-state index in [4.69, 9.17) is 0 Å². The van der Waals surface area contributed by atoms with Crippen LogP contribution in [0.1, 0.15) is 105 Å². The summed E-state index contributed by atoms with van der Waals surface area (Å²) >= 11 is 0. The SMILES string of the molecule is O=C1C(=O)c2nc(-c3ccc(-c4cnc5c(n4)C(=O)C(=O)c4nc(-c6ccc(-c7cnc8c(n7)C(=O)C(=O)c7nc(-c9ccc(-c%10cnc%11c(n%10)C(=O)C(=O)c%10nc(-c%12ccc(-c%13cnc%14c(n%13)C(=O)C(=O)c%13nccnc%13-%14)cc%12)cnc%10-%11)cc9)cnc7-8)cc6)cnc4-5)cc3)cnc2-c2nccnc21. The lowest BCUT2D eigenvalue weighted by Gasteiger charge is -2.17. The monoisotopic (exact) mass is 1360 g/mol. The molecule has 0 atom stereocenters. The van der Waals surface area contributed by atoms with Gasteiger partial charge in [-0.15, -0.1) is 0 Å². The van der Waals surface area contributed by atoms with Gasteiger partial charge in [-0.05, 0) is 0 Å². The number of benzene rings is 4. The zero-order valence-corrected chi connectivity index (χ0v) is 52.2. The summed E-state index contributed by atoms with van der Waals surface area (Å²) < 4.78 is 0. The maximum absolute atomic E-state index is 13.8. The van der Waals surface area contributed by atoms with Crippen LogP contribution in [0, 0.1) is 0 Å². The highest BCUT2D eigenvalue weighted by Crippen LogP contribution is 2.39. The van der Waals surface area contributed by atoms with Gasteiger partial charge in [0.25, 0.3) is 57.8 Å². The van der Waals surface area contributed by atoms with Crippen LogP contribution in [-0.2, 0) is 0 Å². The predicted molar refractivity (Wildman–Crippen MR) is 356 cm³/mol. The minimum atomic E-state index is -0.953. The Morgan fingerprint density at radius 2 is 0.250 bits per heavy atom. The van der Waals surface area contributed by atoms with E-state index in [-0.39, 0.29) is 148 Å². The van der Waals surface area contributed by atoms with Crippen molar-refractivity contribution in [2.24, 2.45) is 0 Å². The van der Waals surface area contributed by atoms with Gasteiger partial charge in [-0.1, -0.05) is 97.1 Å². The Balaban J connectivity index is 0.523. The number of carbonyl (C=O) groups is 10. The molecule has 4 aromatic carbocycles. The van der Waals surface area contributed by atoms with E-state index in [1.807, 2.05) is 0 Å². The van der Waals surface area contributed by atoms with E-state index in [1.54, 1.807) is 97.1 Å². The summed E-state index contributed by atoms with van der Waals surface area (Å²) in [6, 6.07) is 26.9. The minimum Gasteiger partial charge on any atom is -0.283 e. The molecule has 30 heteroatoms. The number of rotatable bonds is 8. The van der Waals surface area contributed by atoms with Gasteiger partial charge in [0.15, 0.2) is 0 Å². The summed E-state index contributed by atoms with van der Waals surface area (Å²) in [4.78, 5) is 222. The lowest BCUT2D eigenvalue weighted by atomic mass is 9.96. The van der Waals surface area contributed by atoms with Crippen molar-refractivity contribution >= 4 is 57.8 Å². The molecule has 104 heavy (non-hydrogen) atoms. The number of ketones is 10. The fraction of sp³-hybridized carbons (Fsp3) is 0. The summed E-state index contributed by atoms with van der Waals surface area (Å²) in [5.74, 6) is -9.01. The third-order valence-corrected chi connectivity index (χ3v) is 17.8. The quantitative estimate of drug-likeness (QED) is 0.129. The van der Waals surface area contributed by atoms with Crippen molar-refractivity contribution in [2.75, 3.05) is 0 Å². The molecule has 0 saturated carbocycles. The highest BCUT2D eigenvalue weighted by molar-refractivity contribution is 6.54. The molecule has 10 aromatic heterocycles. The van der Waals surface area contributed by atoms with Crippen LogP contribution in [0.15, 0.2) is 171 Å². The number of hydrogen-bond donors (Lipinski definition) is 0. The Morgan fingerprint density at radius 3 is 0.394 bits per heavy atom. The molecule has 0 saturated heterocycles. The number of fused-ring (bicyclic) bond motifs is 15. The smallest absolute Gasteiger partial charge is 0.255 e. The number of nitrogens with zero attached hydrogens (tertiary/aromatic N) is 20. The summed E-state index contributed by atoms with van der Waals surface area (Å²) in [6.45, 7) is 0. The second-order valence-corrected chi connectivity index (χ2v) is 23.7. The lowest BCUT2D eigenvalue weighted by molar-refractivity contribution is 0.0808. The number of hydrogen-bond acceptors (Lipinski definition) is 30. The van der Waals surface area contributed by atoms with Gasteiger partial charge in [-0.25, -0.2) is 89.7 Å². The molecule has 0 spiro atoms. The molecule has 5 aliphatic carbocycles. The van der Waals surface area contributed by atoms with E-state index in [0.717, 1.165) is 0 Å². The number of Topliss-reactive ketones (excluding diaryl/α,β-unsaturated/α-hetero) is 10. The van der Waals surface area contributed by atoms with Gasteiger partial charge >= 0.3 is 0 Å². The fourth-order valence-corrected chi connectivity index (χ4v) is 12.6. The zero-order chi connectivity index (χ0) is 70.5. The average Bonchev–Trinajstić information content (AvgIpc) is 0.770. The van der Waals surface area contributed by atoms with Crippen LogP contribution in [0.4, 0.5) is 0 Å². The average molecular weight is 1360 g/mol. The number of carbonyl (C=O) groups excluding carboxylic acids is 10. The van der Waals surface area contributed by atoms with Crippen LogP contribution in [0.3, 0.4) is 0 Å². The third-order valence-electron chi connectivity index (χ3n) is 17.8. The van der Waals surface area contributed by atoms with Crippen molar-refractivity contribution < 1.29 is 47.9 Å². The zero-order valence-electron chi connectivity index (χ0n) is 52.2. The Hall–Kier alpha value is -15.6. The lowest BCUT2D eigenvalue weighted by Crippen LogP contribution is -2.26.